The molecule has 0 fully saturated rings. The van der Waals surface area contributed by atoms with Crippen LogP contribution in [0.15, 0.2) is 43.0 Å². The van der Waals surface area contributed by atoms with Gasteiger partial charge in [-0.15, -0.1) is 0 Å². The van der Waals surface area contributed by atoms with E-state index >= 15 is 0 Å². The first-order valence-electron chi connectivity index (χ1n) is 10.7. The number of carbonyl (C=O) groups excluding carboxylic acids is 2. The van der Waals surface area contributed by atoms with Crippen molar-refractivity contribution in [3.63, 3.8) is 0 Å². The smallest absolute Gasteiger partial charge is 0.273 e. The molecule has 10 heteroatoms. The summed E-state index contributed by atoms with van der Waals surface area (Å²) in [6, 6.07) is 7.33. The summed E-state index contributed by atoms with van der Waals surface area (Å²) >= 11 is 1.25. The predicted octanol–water partition coefficient (Wildman–Crippen LogP) is 3.83. The number of aromatic nitrogens is 5. The van der Waals surface area contributed by atoms with Crippen LogP contribution in [-0.4, -0.2) is 42.7 Å². The maximum absolute atomic E-state index is 12.9. The van der Waals surface area contributed by atoms with Crippen molar-refractivity contribution in [3.05, 3.63) is 59.8 Å². The third kappa shape index (κ3) is 5.11. The number of aryl methyl sites for hydroxylation is 2. The summed E-state index contributed by atoms with van der Waals surface area (Å²) in [7, 11) is 0. The van der Waals surface area contributed by atoms with Crippen molar-refractivity contribution < 1.29 is 9.59 Å². The van der Waals surface area contributed by atoms with E-state index in [4.69, 9.17) is 0 Å². The van der Waals surface area contributed by atoms with Crippen LogP contribution in [0.25, 0.3) is 10.3 Å². The molecule has 172 valence electrons. The van der Waals surface area contributed by atoms with E-state index in [0.29, 0.717) is 33.3 Å². The molecule has 0 atom stereocenters. The Balaban J connectivity index is 1.53. The quantitative estimate of drug-likeness (QED) is 0.404. The molecule has 33 heavy (non-hydrogen) atoms. The van der Waals surface area contributed by atoms with Crippen LogP contribution in [0.3, 0.4) is 0 Å². The van der Waals surface area contributed by atoms with Crippen molar-refractivity contribution in [1.82, 2.24) is 29.6 Å². The van der Waals surface area contributed by atoms with Gasteiger partial charge in [-0.1, -0.05) is 29.0 Å². The Kier molecular flexibility index (Phi) is 6.28. The van der Waals surface area contributed by atoms with Crippen LogP contribution in [0, 0.1) is 6.92 Å². The number of benzene rings is 1. The average Bonchev–Trinajstić information content (AvgIpc) is 3.47. The third-order valence-corrected chi connectivity index (χ3v) is 6.01. The van der Waals surface area contributed by atoms with E-state index in [1.807, 2.05) is 50.6 Å². The van der Waals surface area contributed by atoms with E-state index in [1.54, 1.807) is 29.3 Å². The van der Waals surface area contributed by atoms with E-state index in [2.05, 4.69) is 25.7 Å². The normalized spacial score (nSPS) is 11.6. The largest absolute Gasteiger partial charge is 0.351 e. The minimum absolute atomic E-state index is 0.243. The highest BCUT2D eigenvalue weighted by molar-refractivity contribution is 7.22. The first-order valence-corrected chi connectivity index (χ1v) is 11.6. The molecule has 2 N–H and O–H groups in total. The van der Waals surface area contributed by atoms with Crippen molar-refractivity contribution in [2.75, 3.05) is 11.9 Å². The van der Waals surface area contributed by atoms with E-state index in [0.717, 1.165) is 18.5 Å². The monoisotopic (exact) mass is 465 g/mol. The van der Waals surface area contributed by atoms with Crippen molar-refractivity contribution >= 4 is 38.6 Å². The highest BCUT2D eigenvalue weighted by Gasteiger charge is 2.27. The van der Waals surface area contributed by atoms with Crippen molar-refractivity contribution in [3.8, 4) is 0 Å². The van der Waals surface area contributed by atoms with Gasteiger partial charge in [0.05, 0.1) is 11.9 Å². The number of hydrogen-bond acceptors (Lipinski definition) is 6. The summed E-state index contributed by atoms with van der Waals surface area (Å²) in [4.78, 5) is 34.2. The Hall–Kier alpha value is -3.53. The van der Waals surface area contributed by atoms with E-state index in [9.17, 15) is 9.59 Å². The number of imidazole rings is 1. The van der Waals surface area contributed by atoms with Gasteiger partial charge in [-0.05, 0) is 46.2 Å². The molecule has 0 unspecified atom stereocenters. The second-order valence-electron chi connectivity index (χ2n) is 8.83. The molecule has 0 spiro atoms. The molecule has 0 saturated carbocycles. The van der Waals surface area contributed by atoms with Gasteiger partial charge in [0.2, 0.25) is 0 Å². The standard InChI is InChI=1S/C23H27N7O2S/c1-15-6-8-16(9-7-15)20(31)27-22-26-19-18(33-22)17(28-30(19)23(2,3)4)21(32)25-10-5-12-29-13-11-24-14-29/h6-9,11,13-14H,5,10,12H2,1-4H3,(H,25,32)(H,26,27,31). The topological polar surface area (TPSA) is 107 Å². The molecule has 0 aliphatic rings. The van der Waals surface area contributed by atoms with Gasteiger partial charge in [-0.25, -0.2) is 9.67 Å². The molecular formula is C23H27N7O2S. The fraction of sp³-hybridized carbons (Fsp3) is 0.348. The Morgan fingerprint density at radius 3 is 2.55 bits per heavy atom. The summed E-state index contributed by atoms with van der Waals surface area (Å²) in [5.41, 5.74) is 2.14. The van der Waals surface area contributed by atoms with E-state index in [-0.39, 0.29) is 17.4 Å². The maximum atomic E-state index is 12.9. The molecular weight excluding hydrogens is 438 g/mol. The summed E-state index contributed by atoms with van der Waals surface area (Å²) in [6.07, 6.45) is 6.14. The molecule has 4 aromatic rings. The Labute approximate surface area is 195 Å². The number of rotatable bonds is 7. The second-order valence-corrected chi connectivity index (χ2v) is 9.83. The lowest BCUT2D eigenvalue weighted by molar-refractivity contribution is 0.0947. The van der Waals surface area contributed by atoms with Crippen molar-refractivity contribution in [1.29, 1.82) is 0 Å². The highest BCUT2D eigenvalue weighted by Crippen LogP contribution is 2.32. The van der Waals surface area contributed by atoms with Crippen LogP contribution in [0.5, 0.6) is 0 Å². The van der Waals surface area contributed by atoms with Crippen LogP contribution >= 0.6 is 11.3 Å². The van der Waals surface area contributed by atoms with Gasteiger partial charge in [0.15, 0.2) is 16.5 Å². The number of anilines is 1. The summed E-state index contributed by atoms with van der Waals surface area (Å²) < 4.78 is 4.35. The van der Waals surface area contributed by atoms with Crippen LogP contribution in [0.2, 0.25) is 0 Å². The van der Waals surface area contributed by atoms with Gasteiger partial charge in [0.1, 0.15) is 4.70 Å². The summed E-state index contributed by atoms with van der Waals surface area (Å²) in [5, 5.41) is 10.8. The molecule has 0 saturated heterocycles. The Morgan fingerprint density at radius 2 is 1.88 bits per heavy atom. The first kappa shape index (κ1) is 22.7. The van der Waals surface area contributed by atoms with Gasteiger partial charge in [0, 0.05) is 31.0 Å². The zero-order valence-corrected chi connectivity index (χ0v) is 19.9. The average molecular weight is 466 g/mol. The maximum Gasteiger partial charge on any atom is 0.273 e. The van der Waals surface area contributed by atoms with Gasteiger partial charge in [-0.2, -0.15) is 10.1 Å². The molecule has 9 nitrogen and oxygen atoms in total. The minimum atomic E-state index is -0.384. The van der Waals surface area contributed by atoms with Crippen molar-refractivity contribution in [2.45, 2.75) is 46.2 Å². The van der Waals surface area contributed by atoms with E-state index in [1.165, 1.54) is 11.3 Å². The number of nitrogens with one attached hydrogen (secondary N) is 2. The molecule has 0 aliphatic carbocycles. The van der Waals surface area contributed by atoms with Crippen LogP contribution in [0.4, 0.5) is 5.13 Å². The zero-order valence-electron chi connectivity index (χ0n) is 19.1. The predicted molar refractivity (Wildman–Crippen MR) is 129 cm³/mol. The Bertz CT molecular complexity index is 1260. The summed E-state index contributed by atoms with van der Waals surface area (Å²) in [5.74, 6) is -0.499. The van der Waals surface area contributed by atoms with Gasteiger partial charge >= 0.3 is 0 Å². The number of amides is 2. The third-order valence-electron chi connectivity index (χ3n) is 5.05. The summed E-state index contributed by atoms with van der Waals surface area (Å²) in [6.45, 7) is 9.23. The van der Waals surface area contributed by atoms with Gasteiger partial charge in [0.25, 0.3) is 11.8 Å². The number of hydrogen-bond donors (Lipinski definition) is 2. The van der Waals surface area contributed by atoms with Gasteiger partial charge in [-0.3, -0.25) is 14.9 Å². The number of carbonyl (C=O) groups is 2. The fourth-order valence-corrected chi connectivity index (χ4v) is 4.24. The SMILES string of the molecule is Cc1ccc(C(=O)Nc2nc3c(s2)c(C(=O)NCCCn2ccnc2)nn3C(C)(C)C)cc1. The van der Waals surface area contributed by atoms with Crippen LogP contribution in [0.1, 0.15) is 53.6 Å². The Morgan fingerprint density at radius 1 is 1.12 bits per heavy atom. The van der Waals surface area contributed by atoms with E-state index < -0.39 is 0 Å². The van der Waals surface area contributed by atoms with Crippen LogP contribution < -0.4 is 10.6 Å². The molecule has 3 heterocycles. The molecule has 3 aromatic heterocycles. The first-order chi connectivity index (χ1) is 15.7. The lowest BCUT2D eigenvalue weighted by Crippen LogP contribution is -2.27. The highest BCUT2D eigenvalue weighted by atomic mass is 32.1. The van der Waals surface area contributed by atoms with Gasteiger partial charge < -0.3 is 9.88 Å². The second kappa shape index (κ2) is 9.14. The molecule has 2 amide bonds. The van der Waals surface area contributed by atoms with Crippen LogP contribution in [-0.2, 0) is 12.1 Å². The molecule has 0 radical (unpaired) electrons. The minimum Gasteiger partial charge on any atom is -0.351 e. The molecule has 4 rings (SSSR count). The molecule has 0 bridgehead atoms. The lowest BCUT2D eigenvalue weighted by Gasteiger charge is -2.19. The number of thiazole rings is 1. The number of fused-ring (bicyclic) bond motifs is 1. The molecule has 1 aromatic carbocycles. The lowest BCUT2D eigenvalue weighted by atomic mass is 10.1. The zero-order chi connectivity index (χ0) is 23.6. The fourth-order valence-electron chi connectivity index (χ4n) is 3.31. The van der Waals surface area contributed by atoms with Crippen molar-refractivity contribution in [2.24, 2.45) is 0 Å². The molecule has 0 aliphatic heterocycles. The number of nitrogens with zero attached hydrogens (tertiary/aromatic N) is 5.